The Balaban J connectivity index is 1.68. The normalized spacial score (nSPS) is 26.1. The van der Waals surface area contributed by atoms with Crippen LogP contribution in [0.4, 0.5) is 0 Å². The molecule has 0 amide bonds. The lowest BCUT2D eigenvalue weighted by Gasteiger charge is -2.15. The highest BCUT2D eigenvalue weighted by molar-refractivity contribution is 5.05. The number of nitrogens with two attached hydrogens (primary N) is 1. The number of furan rings is 1. The standard InChI is InChI=1S/C13H20N2O/c1-10(7-13-3-2-6-16-13)15-9-11-4-5-12(14)8-11/h2-6,10-12,15H,7-9,14H2,1H3. The summed E-state index contributed by atoms with van der Waals surface area (Å²) in [4.78, 5) is 0. The summed E-state index contributed by atoms with van der Waals surface area (Å²) < 4.78 is 5.32. The van der Waals surface area contributed by atoms with E-state index in [4.69, 9.17) is 10.2 Å². The Hall–Kier alpha value is -1.06. The van der Waals surface area contributed by atoms with Crippen LogP contribution in [0.5, 0.6) is 0 Å². The van der Waals surface area contributed by atoms with Crippen LogP contribution in [0.3, 0.4) is 0 Å². The van der Waals surface area contributed by atoms with E-state index < -0.39 is 0 Å². The molecule has 1 heterocycles. The van der Waals surface area contributed by atoms with Crippen LogP contribution >= 0.6 is 0 Å². The molecule has 0 saturated carbocycles. The van der Waals surface area contributed by atoms with Crippen LogP contribution in [0, 0.1) is 5.92 Å². The molecule has 3 unspecified atom stereocenters. The Morgan fingerprint density at radius 2 is 2.44 bits per heavy atom. The molecule has 1 aliphatic carbocycles. The number of hydrogen-bond acceptors (Lipinski definition) is 3. The van der Waals surface area contributed by atoms with Gasteiger partial charge in [0.15, 0.2) is 0 Å². The molecule has 0 fully saturated rings. The highest BCUT2D eigenvalue weighted by atomic mass is 16.3. The third kappa shape index (κ3) is 3.22. The van der Waals surface area contributed by atoms with E-state index in [0.717, 1.165) is 25.1 Å². The van der Waals surface area contributed by atoms with E-state index in [1.807, 2.05) is 12.1 Å². The molecule has 0 bridgehead atoms. The summed E-state index contributed by atoms with van der Waals surface area (Å²) in [5, 5.41) is 3.52. The quantitative estimate of drug-likeness (QED) is 0.743. The predicted molar refractivity (Wildman–Crippen MR) is 65.1 cm³/mol. The first-order chi connectivity index (χ1) is 7.74. The van der Waals surface area contributed by atoms with Crippen molar-refractivity contribution in [2.24, 2.45) is 11.7 Å². The maximum absolute atomic E-state index is 5.81. The maximum atomic E-state index is 5.81. The fraction of sp³-hybridized carbons (Fsp3) is 0.538. The second kappa shape index (κ2) is 5.32. The molecule has 3 atom stereocenters. The van der Waals surface area contributed by atoms with Crippen molar-refractivity contribution in [1.82, 2.24) is 5.32 Å². The van der Waals surface area contributed by atoms with Crippen LogP contribution in [0.1, 0.15) is 19.1 Å². The van der Waals surface area contributed by atoms with E-state index in [2.05, 4.69) is 24.4 Å². The van der Waals surface area contributed by atoms with Crippen molar-refractivity contribution in [1.29, 1.82) is 0 Å². The topological polar surface area (TPSA) is 51.2 Å². The third-order valence-corrected chi connectivity index (χ3v) is 3.02. The summed E-state index contributed by atoms with van der Waals surface area (Å²) in [5.41, 5.74) is 5.81. The Kier molecular flexibility index (Phi) is 3.80. The molecule has 3 N–H and O–H groups in total. The number of hydrogen-bond donors (Lipinski definition) is 2. The molecule has 3 nitrogen and oxygen atoms in total. The van der Waals surface area contributed by atoms with Gasteiger partial charge in [-0.05, 0) is 31.4 Å². The molecule has 0 radical (unpaired) electrons. The van der Waals surface area contributed by atoms with Gasteiger partial charge < -0.3 is 15.5 Å². The van der Waals surface area contributed by atoms with Gasteiger partial charge >= 0.3 is 0 Å². The van der Waals surface area contributed by atoms with Gasteiger partial charge in [0.1, 0.15) is 5.76 Å². The highest BCUT2D eigenvalue weighted by Crippen LogP contribution is 2.15. The molecule has 0 aromatic carbocycles. The first-order valence-corrected chi connectivity index (χ1v) is 5.93. The van der Waals surface area contributed by atoms with Crippen molar-refractivity contribution in [2.45, 2.75) is 31.8 Å². The first kappa shape index (κ1) is 11.4. The minimum absolute atomic E-state index is 0.257. The van der Waals surface area contributed by atoms with Crippen molar-refractivity contribution < 1.29 is 4.42 Å². The molecule has 0 spiro atoms. The van der Waals surface area contributed by atoms with Crippen molar-refractivity contribution >= 4 is 0 Å². The monoisotopic (exact) mass is 220 g/mol. The van der Waals surface area contributed by atoms with Crippen LogP contribution in [0.25, 0.3) is 0 Å². The smallest absolute Gasteiger partial charge is 0.105 e. The minimum Gasteiger partial charge on any atom is -0.469 e. The molecule has 16 heavy (non-hydrogen) atoms. The van der Waals surface area contributed by atoms with Crippen molar-refractivity contribution in [3.05, 3.63) is 36.3 Å². The van der Waals surface area contributed by atoms with Crippen LogP contribution in [-0.4, -0.2) is 18.6 Å². The molecule has 0 aliphatic heterocycles. The molecular formula is C13H20N2O. The van der Waals surface area contributed by atoms with Crippen molar-refractivity contribution in [3.63, 3.8) is 0 Å². The predicted octanol–water partition coefficient (Wildman–Crippen LogP) is 1.70. The molecule has 3 heteroatoms. The lowest BCUT2D eigenvalue weighted by molar-refractivity contribution is 0.433. The zero-order valence-electron chi connectivity index (χ0n) is 9.73. The lowest BCUT2D eigenvalue weighted by atomic mass is 10.1. The maximum Gasteiger partial charge on any atom is 0.105 e. The fourth-order valence-electron chi connectivity index (χ4n) is 2.11. The molecule has 1 aromatic rings. The third-order valence-electron chi connectivity index (χ3n) is 3.02. The van der Waals surface area contributed by atoms with E-state index in [9.17, 15) is 0 Å². The fourth-order valence-corrected chi connectivity index (χ4v) is 2.11. The Morgan fingerprint density at radius 3 is 3.06 bits per heavy atom. The number of rotatable bonds is 5. The molecule has 1 aliphatic rings. The summed E-state index contributed by atoms with van der Waals surface area (Å²) in [7, 11) is 0. The van der Waals surface area contributed by atoms with Gasteiger partial charge in [-0.3, -0.25) is 0 Å². The van der Waals surface area contributed by atoms with Gasteiger partial charge in [0.05, 0.1) is 6.26 Å². The van der Waals surface area contributed by atoms with Crippen LogP contribution in [-0.2, 0) is 6.42 Å². The minimum atomic E-state index is 0.257. The molecule has 1 aromatic heterocycles. The summed E-state index contributed by atoms with van der Waals surface area (Å²) in [6.45, 7) is 3.19. The van der Waals surface area contributed by atoms with Gasteiger partial charge in [-0.15, -0.1) is 0 Å². The van der Waals surface area contributed by atoms with E-state index in [-0.39, 0.29) is 6.04 Å². The SMILES string of the molecule is CC(Cc1ccco1)NCC1C=CC(N)C1. The molecule has 2 rings (SSSR count). The highest BCUT2D eigenvalue weighted by Gasteiger charge is 2.16. The van der Waals surface area contributed by atoms with Gasteiger partial charge in [-0.1, -0.05) is 12.2 Å². The van der Waals surface area contributed by atoms with Crippen LogP contribution in [0.15, 0.2) is 35.0 Å². The van der Waals surface area contributed by atoms with Gasteiger partial charge in [0.2, 0.25) is 0 Å². The first-order valence-electron chi connectivity index (χ1n) is 5.93. The van der Waals surface area contributed by atoms with Gasteiger partial charge in [0, 0.05) is 25.0 Å². The lowest BCUT2D eigenvalue weighted by Crippen LogP contribution is -2.32. The van der Waals surface area contributed by atoms with E-state index >= 15 is 0 Å². The summed E-state index contributed by atoms with van der Waals surface area (Å²) >= 11 is 0. The zero-order chi connectivity index (χ0) is 11.4. The molecule has 0 saturated heterocycles. The van der Waals surface area contributed by atoms with Crippen molar-refractivity contribution in [2.75, 3.05) is 6.54 Å². The van der Waals surface area contributed by atoms with Gasteiger partial charge in [0.25, 0.3) is 0 Å². The van der Waals surface area contributed by atoms with Crippen LogP contribution < -0.4 is 11.1 Å². The Bertz CT molecular complexity index is 332. The average Bonchev–Trinajstić information content (AvgIpc) is 2.87. The molecule has 88 valence electrons. The van der Waals surface area contributed by atoms with Gasteiger partial charge in [-0.2, -0.15) is 0 Å². The molecular weight excluding hydrogens is 200 g/mol. The van der Waals surface area contributed by atoms with Gasteiger partial charge in [-0.25, -0.2) is 0 Å². The second-order valence-corrected chi connectivity index (χ2v) is 4.64. The van der Waals surface area contributed by atoms with Crippen molar-refractivity contribution in [3.8, 4) is 0 Å². The van der Waals surface area contributed by atoms with Crippen LogP contribution in [0.2, 0.25) is 0 Å². The van der Waals surface area contributed by atoms with E-state index in [1.165, 1.54) is 0 Å². The Morgan fingerprint density at radius 1 is 1.56 bits per heavy atom. The summed E-state index contributed by atoms with van der Waals surface area (Å²) in [6.07, 6.45) is 8.05. The average molecular weight is 220 g/mol. The number of nitrogens with one attached hydrogen (secondary N) is 1. The Labute approximate surface area is 96.7 Å². The zero-order valence-corrected chi connectivity index (χ0v) is 9.73. The summed E-state index contributed by atoms with van der Waals surface area (Å²) in [5.74, 6) is 1.63. The van der Waals surface area contributed by atoms with E-state index in [1.54, 1.807) is 6.26 Å². The summed E-state index contributed by atoms with van der Waals surface area (Å²) in [6, 6.07) is 4.65. The second-order valence-electron chi connectivity index (χ2n) is 4.64. The largest absolute Gasteiger partial charge is 0.469 e. The van der Waals surface area contributed by atoms with E-state index in [0.29, 0.717) is 12.0 Å².